The zero-order valence-corrected chi connectivity index (χ0v) is 20.4. The van der Waals surface area contributed by atoms with E-state index >= 15 is 0 Å². The standard InChI is InChI=1S/C25H20Br2N2O3/c26-22-13-17(12-20(15-28)25(30)29-8-10-31-11-9-29)14-23(27)24(22)32-16-19-6-3-5-18-4-1-2-7-21(18)19/h1-7,12-14H,8-11,16H2/b20-12+. The van der Waals surface area contributed by atoms with Crippen LogP contribution in [0, 0.1) is 11.3 Å². The number of hydrogen-bond donors (Lipinski definition) is 0. The molecule has 1 aliphatic heterocycles. The molecule has 0 aliphatic carbocycles. The van der Waals surface area contributed by atoms with E-state index in [0.717, 1.165) is 25.5 Å². The smallest absolute Gasteiger partial charge is 0.264 e. The number of carbonyl (C=O) groups is 1. The molecule has 1 aliphatic rings. The van der Waals surface area contributed by atoms with Gasteiger partial charge < -0.3 is 14.4 Å². The average molecular weight is 556 g/mol. The molecule has 32 heavy (non-hydrogen) atoms. The van der Waals surface area contributed by atoms with E-state index < -0.39 is 0 Å². The highest BCUT2D eigenvalue weighted by Crippen LogP contribution is 2.36. The number of nitriles is 1. The Bertz CT molecular complexity index is 1200. The Kier molecular flexibility index (Phi) is 7.26. The summed E-state index contributed by atoms with van der Waals surface area (Å²) in [6, 6.07) is 20.1. The molecule has 3 aromatic rings. The number of morpholine rings is 1. The summed E-state index contributed by atoms with van der Waals surface area (Å²) in [7, 11) is 0. The van der Waals surface area contributed by atoms with Crippen LogP contribution in [0.5, 0.6) is 5.75 Å². The molecule has 0 bridgehead atoms. The van der Waals surface area contributed by atoms with Crippen molar-refractivity contribution in [3.05, 3.63) is 80.2 Å². The molecular formula is C25H20Br2N2O3. The van der Waals surface area contributed by atoms with Crippen LogP contribution in [0.1, 0.15) is 11.1 Å². The van der Waals surface area contributed by atoms with Crippen molar-refractivity contribution in [3.63, 3.8) is 0 Å². The van der Waals surface area contributed by atoms with Crippen molar-refractivity contribution >= 4 is 54.6 Å². The lowest BCUT2D eigenvalue weighted by Crippen LogP contribution is -2.41. The predicted molar refractivity (Wildman–Crippen MR) is 131 cm³/mol. The molecule has 3 aromatic carbocycles. The molecule has 0 atom stereocenters. The van der Waals surface area contributed by atoms with Crippen LogP contribution < -0.4 is 4.74 Å². The molecule has 162 valence electrons. The first-order chi connectivity index (χ1) is 15.6. The lowest BCUT2D eigenvalue weighted by molar-refractivity contribution is -0.130. The first-order valence-electron chi connectivity index (χ1n) is 10.1. The summed E-state index contributed by atoms with van der Waals surface area (Å²) in [5, 5.41) is 11.9. The van der Waals surface area contributed by atoms with Gasteiger partial charge in [-0.05, 0) is 72.0 Å². The van der Waals surface area contributed by atoms with Crippen LogP contribution in [0.3, 0.4) is 0 Å². The number of hydrogen-bond acceptors (Lipinski definition) is 4. The topological polar surface area (TPSA) is 62.6 Å². The number of benzene rings is 3. The first-order valence-corrected chi connectivity index (χ1v) is 11.7. The Balaban J connectivity index is 1.54. The van der Waals surface area contributed by atoms with Gasteiger partial charge in [-0.2, -0.15) is 5.26 Å². The molecule has 1 heterocycles. The van der Waals surface area contributed by atoms with Crippen molar-refractivity contribution in [2.24, 2.45) is 0 Å². The van der Waals surface area contributed by atoms with Crippen LogP contribution in [0.4, 0.5) is 0 Å². The number of ether oxygens (including phenoxy) is 2. The second kappa shape index (κ2) is 10.3. The second-order valence-corrected chi connectivity index (χ2v) is 9.02. The number of halogens is 2. The molecule has 0 unspecified atom stereocenters. The molecule has 0 saturated carbocycles. The van der Waals surface area contributed by atoms with Gasteiger partial charge in [0, 0.05) is 13.1 Å². The maximum absolute atomic E-state index is 12.7. The van der Waals surface area contributed by atoms with Crippen LogP contribution in [0.25, 0.3) is 16.8 Å². The van der Waals surface area contributed by atoms with E-state index in [9.17, 15) is 10.1 Å². The van der Waals surface area contributed by atoms with Crippen LogP contribution in [-0.4, -0.2) is 37.1 Å². The summed E-state index contributed by atoms with van der Waals surface area (Å²) in [6.07, 6.45) is 1.60. The molecule has 0 N–H and O–H groups in total. The fourth-order valence-electron chi connectivity index (χ4n) is 3.61. The highest BCUT2D eigenvalue weighted by Gasteiger charge is 2.21. The van der Waals surface area contributed by atoms with Crippen molar-refractivity contribution in [2.45, 2.75) is 6.61 Å². The van der Waals surface area contributed by atoms with E-state index in [4.69, 9.17) is 9.47 Å². The average Bonchev–Trinajstić information content (AvgIpc) is 2.82. The lowest BCUT2D eigenvalue weighted by Gasteiger charge is -2.26. The summed E-state index contributed by atoms with van der Waals surface area (Å²) in [6.45, 7) is 2.37. The predicted octanol–water partition coefficient (Wildman–Crippen LogP) is 5.71. The van der Waals surface area contributed by atoms with E-state index in [1.807, 2.05) is 36.4 Å². The van der Waals surface area contributed by atoms with Crippen LogP contribution >= 0.6 is 31.9 Å². The zero-order chi connectivity index (χ0) is 22.5. The quantitative estimate of drug-likeness (QED) is 0.299. The molecule has 1 amide bonds. The number of rotatable bonds is 5. The van der Waals surface area contributed by atoms with Crippen molar-refractivity contribution in [1.29, 1.82) is 5.26 Å². The summed E-state index contributed by atoms with van der Waals surface area (Å²) in [5.74, 6) is 0.382. The van der Waals surface area contributed by atoms with Crippen molar-refractivity contribution in [2.75, 3.05) is 26.3 Å². The third kappa shape index (κ3) is 5.04. The fraction of sp³-hybridized carbons (Fsp3) is 0.200. The van der Waals surface area contributed by atoms with E-state index in [2.05, 4.69) is 56.1 Å². The zero-order valence-electron chi connectivity index (χ0n) is 17.2. The summed E-state index contributed by atoms with van der Waals surface area (Å²) in [5.41, 5.74) is 1.91. The molecule has 7 heteroatoms. The Morgan fingerprint density at radius 3 is 2.50 bits per heavy atom. The Morgan fingerprint density at radius 1 is 1.09 bits per heavy atom. The van der Waals surface area contributed by atoms with Gasteiger partial charge in [-0.3, -0.25) is 4.79 Å². The highest BCUT2D eigenvalue weighted by atomic mass is 79.9. The SMILES string of the molecule is N#C/C(=C\c1cc(Br)c(OCc2cccc3ccccc23)c(Br)c1)C(=O)N1CCOCC1. The third-order valence-electron chi connectivity index (χ3n) is 5.23. The maximum atomic E-state index is 12.7. The minimum Gasteiger partial charge on any atom is -0.487 e. The molecule has 0 aromatic heterocycles. The van der Waals surface area contributed by atoms with E-state index in [-0.39, 0.29) is 11.5 Å². The largest absolute Gasteiger partial charge is 0.487 e. The monoisotopic (exact) mass is 554 g/mol. The number of nitrogens with zero attached hydrogens (tertiary/aromatic N) is 2. The summed E-state index contributed by atoms with van der Waals surface area (Å²) < 4.78 is 12.9. The molecule has 0 spiro atoms. The Labute approximate surface area is 203 Å². The molecular weight excluding hydrogens is 536 g/mol. The molecule has 0 radical (unpaired) electrons. The van der Waals surface area contributed by atoms with E-state index in [1.165, 1.54) is 5.39 Å². The van der Waals surface area contributed by atoms with Crippen molar-refractivity contribution < 1.29 is 14.3 Å². The van der Waals surface area contributed by atoms with Gasteiger partial charge in [-0.25, -0.2) is 0 Å². The minimum absolute atomic E-state index is 0.0927. The van der Waals surface area contributed by atoms with E-state index in [1.54, 1.807) is 11.0 Å². The van der Waals surface area contributed by atoms with Gasteiger partial charge in [0.2, 0.25) is 0 Å². The Hall–Kier alpha value is -2.66. The molecule has 1 fully saturated rings. The van der Waals surface area contributed by atoms with Gasteiger partial charge in [0.05, 0.1) is 22.2 Å². The fourth-order valence-corrected chi connectivity index (χ4v) is 5.07. The summed E-state index contributed by atoms with van der Waals surface area (Å²) >= 11 is 7.14. The minimum atomic E-state index is -0.278. The van der Waals surface area contributed by atoms with Gasteiger partial charge in [0.25, 0.3) is 5.91 Å². The van der Waals surface area contributed by atoms with Gasteiger partial charge in [0.1, 0.15) is 24.0 Å². The molecule has 5 nitrogen and oxygen atoms in total. The third-order valence-corrected chi connectivity index (χ3v) is 6.41. The van der Waals surface area contributed by atoms with Crippen molar-refractivity contribution in [1.82, 2.24) is 4.90 Å². The number of carbonyl (C=O) groups excluding carboxylic acids is 1. The van der Waals surface area contributed by atoms with Gasteiger partial charge >= 0.3 is 0 Å². The van der Waals surface area contributed by atoms with E-state index in [0.29, 0.717) is 38.7 Å². The lowest BCUT2D eigenvalue weighted by atomic mass is 10.1. The first kappa shape index (κ1) is 22.5. The highest BCUT2D eigenvalue weighted by molar-refractivity contribution is 9.11. The van der Waals surface area contributed by atoms with Crippen LogP contribution in [0.2, 0.25) is 0 Å². The maximum Gasteiger partial charge on any atom is 0.264 e. The van der Waals surface area contributed by atoms with Gasteiger partial charge in [-0.1, -0.05) is 42.5 Å². The van der Waals surface area contributed by atoms with Crippen molar-refractivity contribution in [3.8, 4) is 11.8 Å². The second-order valence-electron chi connectivity index (χ2n) is 7.32. The number of fused-ring (bicyclic) bond motifs is 1. The number of amides is 1. The molecule has 1 saturated heterocycles. The summed E-state index contributed by atoms with van der Waals surface area (Å²) in [4.78, 5) is 14.3. The van der Waals surface area contributed by atoms with Crippen LogP contribution in [-0.2, 0) is 16.1 Å². The molecule has 4 rings (SSSR count). The normalized spacial score (nSPS) is 14.3. The van der Waals surface area contributed by atoms with Gasteiger partial charge in [0.15, 0.2) is 0 Å². The van der Waals surface area contributed by atoms with Gasteiger partial charge in [-0.15, -0.1) is 0 Å². The van der Waals surface area contributed by atoms with Crippen LogP contribution in [0.15, 0.2) is 69.1 Å². The Morgan fingerprint density at radius 2 is 1.78 bits per heavy atom.